The maximum atomic E-state index is 5.96. The first-order valence-electron chi connectivity index (χ1n) is 6.82. The van der Waals surface area contributed by atoms with Crippen LogP contribution in [-0.2, 0) is 4.74 Å². The molecule has 1 rings (SSSR count). The van der Waals surface area contributed by atoms with Crippen LogP contribution in [0.25, 0.3) is 0 Å². The average molecular weight is 285 g/mol. The zero-order valence-electron chi connectivity index (χ0n) is 12.2. The van der Waals surface area contributed by atoms with Gasteiger partial charge in [-0.3, -0.25) is 4.90 Å². The van der Waals surface area contributed by atoms with Crippen LogP contribution in [0.5, 0.6) is 0 Å². The van der Waals surface area contributed by atoms with E-state index >= 15 is 0 Å². The van der Waals surface area contributed by atoms with E-state index in [-0.39, 0.29) is 0 Å². The third-order valence-electron chi connectivity index (χ3n) is 2.82. The number of nitrogens with one attached hydrogen (secondary N) is 1. The second kappa shape index (κ2) is 9.18. The van der Waals surface area contributed by atoms with E-state index in [1.807, 2.05) is 24.3 Å². The highest BCUT2D eigenvalue weighted by molar-refractivity contribution is 6.30. The lowest BCUT2D eigenvalue weighted by Gasteiger charge is -2.24. The fourth-order valence-electron chi connectivity index (χ4n) is 1.99. The minimum absolute atomic E-state index is 0.669. The van der Waals surface area contributed by atoms with Crippen LogP contribution in [0, 0.1) is 5.92 Å². The molecular weight excluding hydrogens is 260 g/mol. The Bertz CT molecular complexity index is 358. The fraction of sp³-hybridized carbons (Fsp3) is 0.600. The van der Waals surface area contributed by atoms with E-state index < -0.39 is 0 Å². The van der Waals surface area contributed by atoms with Gasteiger partial charge in [0.15, 0.2) is 0 Å². The van der Waals surface area contributed by atoms with E-state index in [4.69, 9.17) is 16.3 Å². The van der Waals surface area contributed by atoms with Gasteiger partial charge in [-0.15, -0.1) is 0 Å². The lowest BCUT2D eigenvalue weighted by Crippen LogP contribution is -2.34. The van der Waals surface area contributed by atoms with Crippen LogP contribution in [0.3, 0.4) is 0 Å². The molecule has 0 aromatic heterocycles. The molecule has 0 amide bonds. The van der Waals surface area contributed by atoms with Gasteiger partial charge in [-0.25, -0.2) is 0 Å². The molecule has 0 aliphatic carbocycles. The van der Waals surface area contributed by atoms with Crippen LogP contribution in [-0.4, -0.2) is 44.8 Å². The molecule has 0 saturated heterocycles. The summed E-state index contributed by atoms with van der Waals surface area (Å²) in [5, 5.41) is 4.17. The molecule has 19 heavy (non-hydrogen) atoms. The van der Waals surface area contributed by atoms with E-state index in [1.54, 1.807) is 7.11 Å². The summed E-state index contributed by atoms with van der Waals surface area (Å²) in [5.41, 5.74) is 1.07. The standard InChI is InChI=1S/C15H25ClN2O/c1-13(2)12-18(9-10-19-3)8-7-17-15-6-4-5-14(16)11-15/h4-6,11,13,17H,7-10,12H2,1-3H3. The second-order valence-electron chi connectivity index (χ2n) is 5.12. The molecule has 0 saturated carbocycles. The lowest BCUT2D eigenvalue weighted by molar-refractivity contribution is 0.143. The third-order valence-corrected chi connectivity index (χ3v) is 3.05. The van der Waals surface area contributed by atoms with Gasteiger partial charge in [0.1, 0.15) is 0 Å². The molecule has 108 valence electrons. The summed E-state index contributed by atoms with van der Waals surface area (Å²) < 4.78 is 5.15. The first kappa shape index (κ1) is 16.3. The Balaban J connectivity index is 2.34. The second-order valence-corrected chi connectivity index (χ2v) is 5.56. The van der Waals surface area contributed by atoms with E-state index in [1.165, 1.54) is 0 Å². The normalized spacial score (nSPS) is 11.3. The van der Waals surface area contributed by atoms with Crippen LogP contribution >= 0.6 is 11.6 Å². The predicted molar refractivity (Wildman–Crippen MR) is 83.1 cm³/mol. The van der Waals surface area contributed by atoms with Crippen molar-refractivity contribution in [1.29, 1.82) is 0 Å². The van der Waals surface area contributed by atoms with E-state index in [0.717, 1.165) is 43.5 Å². The van der Waals surface area contributed by atoms with Crippen molar-refractivity contribution in [2.75, 3.05) is 45.2 Å². The molecule has 3 nitrogen and oxygen atoms in total. The van der Waals surface area contributed by atoms with Crippen LogP contribution in [0.1, 0.15) is 13.8 Å². The largest absolute Gasteiger partial charge is 0.384 e. The minimum atomic E-state index is 0.669. The summed E-state index contributed by atoms with van der Waals surface area (Å²) in [4.78, 5) is 2.42. The number of benzene rings is 1. The predicted octanol–water partition coefficient (Wildman–Crippen LogP) is 3.36. The number of methoxy groups -OCH3 is 1. The number of ether oxygens (including phenoxy) is 1. The maximum Gasteiger partial charge on any atom is 0.0589 e. The van der Waals surface area contributed by atoms with Crippen molar-refractivity contribution in [2.45, 2.75) is 13.8 Å². The molecule has 0 fully saturated rings. The van der Waals surface area contributed by atoms with Gasteiger partial charge in [-0.05, 0) is 24.1 Å². The number of hydrogen-bond donors (Lipinski definition) is 1. The molecule has 0 aliphatic heterocycles. The van der Waals surface area contributed by atoms with Crippen LogP contribution in [0.2, 0.25) is 5.02 Å². The van der Waals surface area contributed by atoms with Crippen LogP contribution < -0.4 is 5.32 Å². The quantitative estimate of drug-likeness (QED) is 0.753. The van der Waals surface area contributed by atoms with Gasteiger partial charge in [0, 0.05) is 44.0 Å². The summed E-state index contributed by atoms with van der Waals surface area (Å²) >= 11 is 5.96. The van der Waals surface area contributed by atoms with Gasteiger partial charge >= 0.3 is 0 Å². The van der Waals surface area contributed by atoms with Crippen LogP contribution in [0.4, 0.5) is 5.69 Å². The van der Waals surface area contributed by atoms with Crippen molar-refractivity contribution < 1.29 is 4.74 Å². The van der Waals surface area contributed by atoms with Crippen molar-refractivity contribution in [3.8, 4) is 0 Å². The zero-order valence-corrected chi connectivity index (χ0v) is 12.9. The first-order chi connectivity index (χ1) is 9.11. The number of rotatable bonds is 9. The number of halogens is 1. The van der Waals surface area contributed by atoms with Gasteiger partial charge < -0.3 is 10.1 Å². The molecule has 1 N–H and O–H groups in total. The SMILES string of the molecule is COCCN(CCNc1cccc(Cl)c1)CC(C)C. The Hall–Kier alpha value is -0.770. The smallest absolute Gasteiger partial charge is 0.0589 e. The number of nitrogens with zero attached hydrogens (tertiary/aromatic N) is 1. The topological polar surface area (TPSA) is 24.5 Å². The Kier molecular flexibility index (Phi) is 7.87. The molecule has 0 unspecified atom stereocenters. The number of hydrogen-bond acceptors (Lipinski definition) is 3. The molecule has 0 aliphatic rings. The summed E-state index contributed by atoms with van der Waals surface area (Å²) in [7, 11) is 1.75. The highest BCUT2D eigenvalue weighted by atomic mass is 35.5. The van der Waals surface area contributed by atoms with Crippen molar-refractivity contribution in [3.05, 3.63) is 29.3 Å². The molecular formula is C15H25ClN2O. The third kappa shape index (κ3) is 7.41. The van der Waals surface area contributed by atoms with E-state index in [0.29, 0.717) is 5.92 Å². The van der Waals surface area contributed by atoms with Gasteiger partial charge in [-0.1, -0.05) is 31.5 Å². The molecule has 0 atom stereocenters. The molecule has 1 aromatic carbocycles. The Morgan fingerprint density at radius 2 is 2.11 bits per heavy atom. The highest BCUT2D eigenvalue weighted by Crippen LogP contribution is 2.14. The minimum Gasteiger partial charge on any atom is -0.384 e. The van der Waals surface area contributed by atoms with Crippen molar-refractivity contribution >= 4 is 17.3 Å². The summed E-state index contributed by atoms with van der Waals surface area (Å²) in [5.74, 6) is 0.669. The molecule has 4 heteroatoms. The van der Waals surface area contributed by atoms with Gasteiger partial charge in [0.25, 0.3) is 0 Å². The first-order valence-corrected chi connectivity index (χ1v) is 7.20. The molecule has 0 radical (unpaired) electrons. The molecule has 1 aromatic rings. The highest BCUT2D eigenvalue weighted by Gasteiger charge is 2.06. The van der Waals surface area contributed by atoms with Crippen molar-refractivity contribution in [2.24, 2.45) is 5.92 Å². The van der Waals surface area contributed by atoms with Crippen molar-refractivity contribution in [1.82, 2.24) is 4.90 Å². The van der Waals surface area contributed by atoms with Gasteiger partial charge in [0.05, 0.1) is 6.61 Å². The summed E-state index contributed by atoms with van der Waals surface area (Å²) in [6.45, 7) is 9.26. The zero-order chi connectivity index (χ0) is 14.1. The lowest BCUT2D eigenvalue weighted by atomic mass is 10.2. The Morgan fingerprint density at radius 3 is 2.74 bits per heavy atom. The maximum absolute atomic E-state index is 5.96. The van der Waals surface area contributed by atoms with Crippen molar-refractivity contribution in [3.63, 3.8) is 0 Å². The Labute approximate surface area is 121 Å². The molecule has 0 heterocycles. The van der Waals surface area contributed by atoms with Crippen LogP contribution in [0.15, 0.2) is 24.3 Å². The average Bonchev–Trinajstić information content (AvgIpc) is 2.35. The summed E-state index contributed by atoms with van der Waals surface area (Å²) in [6, 6.07) is 7.83. The Morgan fingerprint density at radius 1 is 1.32 bits per heavy atom. The monoisotopic (exact) mass is 284 g/mol. The van der Waals surface area contributed by atoms with Gasteiger partial charge in [-0.2, -0.15) is 0 Å². The summed E-state index contributed by atoms with van der Waals surface area (Å²) in [6.07, 6.45) is 0. The fourth-order valence-corrected chi connectivity index (χ4v) is 2.18. The number of anilines is 1. The van der Waals surface area contributed by atoms with E-state index in [9.17, 15) is 0 Å². The molecule has 0 spiro atoms. The van der Waals surface area contributed by atoms with Gasteiger partial charge in [0.2, 0.25) is 0 Å². The molecule has 0 bridgehead atoms. The van der Waals surface area contributed by atoms with E-state index in [2.05, 4.69) is 24.1 Å².